The van der Waals surface area contributed by atoms with Gasteiger partial charge in [-0.05, 0) is 37.1 Å². The van der Waals surface area contributed by atoms with Gasteiger partial charge in [0.15, 0.2) is 0 Å². The Balaban J connectivity index is 0.000000682. The van der Waals surface area contributed by atoms with Crippen LogP contribution in [0.3, 0.4) is 0 Å². The number of unbranched alkanes of at least 4 members (excludes halogenated alkanes) is 10. The number of carbonyl (C=O) groups excluding carboxylic acids is 2. The van der Waals surface area contributed by atoms with Gasteiger partial charge in [0.05, 0.1) is 25.2 Å². The average Bonchev–Trinajstić information content (AvgIpc) is 2.88. The van der Waals surface area contributed by atoms with Crippen molar-refractivity contribution in [2.24, 2.45) is 0 Å². The van der Waals surface area contributed by atoms with E-state index in [0.717, 1.165) is 25.7 Å². The quantitative estimate of drug-likeness (QED) is 0.165. The molecule has 0 amide bonds. The zero-order valence-corrected chi connectivity index (χ0v) is 27.1. The summed E-state index contributed by atoms with van der Waals surface area (Å²) in [6.07, 6.45) is 14.2. The van der Waals surface area contributed by atoms with E-state index in [1.165, 1.54) is 63.5 Å². The molecule has 0 saturated heterocycles. The molecule has 2 rings (SSSR count). The van der Waals surface area contributed by atoms with Gasteiger partial charge in [0, 0.05) is 11.1 Å². The molecule has 0 bridgehead atoms. The predicted octanol–water partition coefficient (Wildman–Crippen LogP) is 5.20. The minimum absolute atomic E-state index is 0. The number of hydrogen-bond donors (Lipinski definition) is 0. The molecule has 0 saturated carbocycles. The molecule has 0 N–H and O–H groups in total. The van der Waals surface area contributed by atoms with Crippen LogP contribution < -0.4 is 19.7 Å². The van der Waals surface area contributed by atoms with E-state index < -0.39 is 11.9 Å². The second-order valence-electron chi connectivity index (χ2n) is 8.80. The van der Waals surface area contributed by atoms with E-state index in [0.29, 0.717) is 24.7 Å². The zero-order valence-electron chi connectivity index (χ0n) is 22.7. The maximum absolute atomic E-state index is 10.8. The number of benzene rings is 2. The Morgan fingerprint density at radius 1 is 0.568 bits per heavy atom. The van der Waals surface area contributed by atoms with Crippen LogP contribution >= 0.6 is 0 Å². The first-order valence-electron chi connectivity index (χ1n) is 13.4. The monoisotopic (exact) mass is 636 g/mol. The number of ether oxygens (including phenoxy) is 2. The molecule has 0 unspecified atom stereocenters. The molecule has 2 aromatic rings. The van der Waals surface area contributed by atoms with E-state index in [1.54, 1.807) is 36.4 Å². The number of aromatic carboxylic acids is 2. The Kier molecular flexibility index (Phi) is 22.7. The molecule has 37 heavy (non-hydrogen) atoms. The van der Waals surface area contributed by atoms with Gasteiger partial charge in [-0.2, -0.15) is 0 Å². The Morgan fingerprint density at radius 3 is 1.24 bits per heavy atom. The maximum Gasteiger partial charge on any atom is 2.00 e. The van der Waals surface area contributed by atoms with Gasteiger partial charge >= 0.3 is 48.9 Å². The van der Waals surface area contributed by atoms with Crippen LogP contribution in [0.1, 0.15) is 112 Å². The number of carboxylic acids is 2. The van der Waals surface area contributed by atoms with Crippen LogP contribution in [0.4, 0.5) is 0 Å². The maximum atomic E-state index is 10.8. The fourth-order valence-corrected chi connectivity index (χ4v) is 3.65. The van der Waals surface area contributed by atoms with Crippen LogP contribution in [0.5, 0.6) is 11.5 Å². The molecule has 200 valence electrons. The molecule has 0 radical (unpaired) electrons. The molecule has 0 fully saturated rings. The van der Waals surface area contributed by atoms with E-state index in [9.17, 15) is 19.8 Å². The van der Waals surface area contributed by atoms with Gasteiger partial charge < -0.3 is 29.3 Å². The van der Waals surface area contributed by atoms with Gasteiger partial charge in [-0.3, -0.25) is 0 Å². The van der Waals surface area contributed by atoms with Crippen LogP contribution in [0.2, 0.25) is 0 Å². The summed E-state index contributed by atoms with van der Waals surface area (Å²) in [5.41, 5.74) is 0.256. The molecule has 0 aliphatic carbocycles. The summed E-state index contributed by atoms with van der Waals surface area (Å²) >= 11 is 0. The molecule has 0 aliphatic heterocycles. The van der Waals surface area contributed by atoms with Crippen molar-refractivity contribution in [2.45, 2.75) is 90.9 Å². The Labute approximate surface area is 263 Å². The fraction of sp³-hybridized carbons (Fsp3) is 0.533. The van der Waals surface area contributed by atoms with E-state index in [2.05, 4.69) is 13.8 Å². The van der Waals surface area contributed by atoms with Crippen LogP contribution in [0.25, 0.3) is 0 Å². The van der Waals surface area contributed by atoms with Crippen LogP contribution in [-0.4, -0.2) is 74.0 Å². The smallest absolute Gasteiger partial charge is 0.545 e. The Hall–Kier alpha value is -1.45. The second-order valence-corrected chi connectivity index (χ2v) is 8.80. The summed E-state index contributed by atoms with van der Waals surface area (Å²) < 4.78 is 11.0. The molecule has 0 spiro atoms. The third-order valence-corrected chi connectivity index (χ3v) is 5.72. The summed E-state index contributed by atoms with van der Waals surface area (Å²) in [7, 11) is 0. The Morgan fingerprint density at radius 2 is 0.892 bits per heavy atom. The largest absolute Gasteiger partial charge is 2.00 e. The summed E-state index contributed by atoms with van der Waals surface area (Å²) in [6.45, 7) is 5.52. The van der Waals surface area contributed by atoms with E-state index in [1.807, 2.05) is 0 Å². The van der Waals surface area contributed by atoms with Crippen LogP contribution in [-0.2, 0) is 0 Å². The fourth-order valence-electron chi connectivity index (χ4n) is 3.65. The predicted molar refractivity (Wildman–Crippen MR) is 145 cm³/mol. The van der Waals surface area contributed by atoms with Crippen LogP contribution in [0.15, 0.2) is 48.5 Å². The van der Waals surface area contributed by atoms with Crippen molar-refractivity contribution in [1.82, 2.24) is 0 Å². The molecule has 6 nitrogen and oxygen atoms in total. The second kappa shape index (κ2) is 23.7. The normalized spacial score (nSPS) is 10.0. The number of rotatable bonds is 18. The topological polar surface area (TPSA) is 98.7 Å². The summed E-state index contributed by atoms with van der Waals surface area (Å²) in [5, 5.41) is 21.7. The van der Waals surface area contributed by atoms with Crippen molar-refractivity contribution in [3.05, 3.63) is 59.7 Å². The number of para-hydroxylation sites is 2. The first-order valence-corrected chi connectivity index (χ1v) is 13.4. The van der Waals surface area contributed by atoms with Gasteiger partial charge in [0.1, 0.15) is 11.5 Å². The molecule has 0 heterocycles. The van der Waals surface area contributed by atoms with Crippen molar-refractivity contribution >= 4 is 60.8 Å². The summed E-state index contributed by atoms with van der Waals surface area (Å²) in [4.78, 5) is 21.7. The Bertz CT molecular complexity index is 799. The number of carboxylic acid groups (broad SMARTS) is 2. The first-order chi connectivity index (χ1) is 17.5. The standard InChI is InChI=1S/2C15H22O3.Ba/c2*1-2-3-4-5-6-9-12-18-14-11-8-7-10-13(14)15(16)17;/h2*7-8,10-11H,2-6,9,12H2,1H3,(H,16,17);/q;;+2/p-2. The van der Waals surface area contributed by atoms with Crippen molar-refractivity contribution in [3.63, 3.8) is 0 Å². The van der Waals surface area contributed by atoms with Gasteiger partial charge in [-0.25, -0.2) is 0 Å². The molecule has 2 aromatic carbocycles. The molecular weight excluding hydrogens is 594 g/mol. The molecule has 0 aliphatic rings. The number of carbonyl (C=O) groups is 2. The molecule has 7 heteroatoms. The molecule has 0 atom stereocenters. The summed E-state index contributed by atoms with van der Waals surface area (Å²) in [5.74, 6) is -1.56. The number of hydrogen-bond acceptors (Lipinski definition) is 6. The van der Waals surface area contributed by atoms with E-state index in [4.69, 9.17) is 9.47 Å². The zero-order chi connectivity index (χ0) is 26.4. The minimum atomic E-state index is -1.19. The van der Waals surface area contributed by atoms with Gasteiger partial charge in [0.25, 0.3) is 0 Å². The average molecular weight is 636 g/mol. The van der Waals surface area contributed by atoms with E-state index in [-0.39, 0.29) is 60.0 Å². The van der Waals surface area contributed by atoms with Crippen molar-refractivity contribution in [2.75, 3.05) is 13.2 Å². The minimum Gasteiger partial charge on any atom is -0.545 e. The van der Waals surface area contributed by atoms with Crippen molar-refractivity contribution in [1.29, 1.82) is 0 Å². The van der Waals surface area contributed by atoms with Crippen molar-refractivity contribution < 1.29 is 29.3 Å². The third-order valence-electron chi connectivity index (χ3n) is 5.72. The van der Waals surface area contributed by atoms with Crippen molar-refractivity contribution in [3.8, 4) is 11.5 Å². The summed E-state index contributed by atoms with van der Waals surface area (Å²) in [6, 6.07) is 13.2. The van der Waals surface area contributed by atoms with E-state index >= 15 is 0 Å². The third kappa shape index (κ3) is 16.9. The molecular formula is C30H42BaO6. The SMILES string of the molecule is CCCCCCCCOc1ccccc1C(=O)[O-].CCCCCCCCOc1ccccc1C(=O)[O-].[Ba+2]. The van der Waals surface area contributed by atoms with Gasteiger partial charge in [-0.15, -0.1) is 0 Å². The van der Waals surface area contributed by atoms with Gasteiger partial charge in [-0.1, -0.05) is 102 Å². The molecule has 0 aromatic heterocycles. The first kappa shape index (κ1) is 35.6. The van der Waals surface area contributed by atoms with Crippen LogP contribution in [0, 0.1) is 0 Å². The van der Waals surface area contributed by atoms with Gasteiger partial charge in [0.2, 0.25) is 0 Å².